The van der Waals surface area contributed by atoms with E-state index in [9.17, 15) is 9.59 Å². The summed E-state index contributed by atoms with van der Waals surface area (Å²) in [5.41, 5.74) is 3.44. The third-order valence-electron chi connectivity index (χ3n) is 5.28. The van der Waals surface area contributed by atoms with Crippen molar-refractivity contribution in [1.29, 1.82) is 0 Å². The lowest BCUT2D eigenvalue weighted by atomic mass is 10.1. The molecule has 31 heavy (non-hydrogen) atoms. The van der Waals surface area contributed by atoms with E-state index in [-0.39, 0.29) is 11.8 Å². The molecule has 1 N–H and O–H groups in total. The highest BCUT2D eigenvalue weighted by Crippen LogP contribution is 2.21. The maximum Gasteiger partial charge on any atom is 0.242 e. The zero-order valence-electron chi connectivity index (χ0n) is 19.5. The zero-order valence-corrected chi connectivity index (χ0v) is 20.3. The Morgan fingerprint density at radius 2 is 1.71 bits per heavy atom. The standard InChI is InChI=1S/C26H36N2O2S/c1-6-24(26(30)27-17-19(2)3)28(18-22-10-8-7-9-21(22)5)25(29)15-16-31-23-13-11-20(4)12-14-23/h7-14,19,24H,6,15-18H2,1-5H3,(H,27,30)/t24-/m0/s1. The van der Waals surface area contributed by atoms with Crippen LogP contribution in [0.1, 0.15) is 50.3 Å². The summed E-state index contributed by atoms with van der Waals surface area (Å²) in [6.45, 7) is 11.3. The number of benzene rings is 2. The Morgan fingerprint density at radius 1 is 1.03 bits per heavy atom. The van der Waals surface area contributed by atoms with Crippen molar-refractivity contribution in [1.82, 2.24) is 10.2 Å². The number of rotatable bonds is 11. The molecule has 168 valence electrons. The van der Waals surface area contributed by atoms with E-state index in [0.717, 1.165) is 16.0 Å². The Morgan fingerprint density at radius 3 is 2.32 bits per heavy atom. The largest absolute Gasteiger partial charge is 0.354 e. The molecule has 0 unspecified atom stereocenters. The van der Waals surface area contributed by atoms with Crippen molar-refractivity contribution in [3.63, 3.8) is 0 Å². The number of amides is 2. The van der Waals surface area contributed by atoms with Gasteiger partial charge in [0.25, 0.3) is 0 Å². The number of aryl methyl sites for hydroxylation is 2. The second-order valence-corrected chi connectivity index (χ2v) is 9.59. The van der Waals surface area contributed by atoms with Crippen LogP contribution in [0.5, 0.6) is 0 Å². The Bertz CT molecular complexity index is 849. The first-order chi connectivity index (χ1) is 14.8. The van der Waals surface area contributed by atoms with E-state index >= 15 is 0 Å². The Balaban J connectivity index is 2.12. The lowest BCUT2D eigenvalue weighted by molar-refractivity contribution is -0.141. The smallest absolute Gasteiger partial charge is 0.242 e. The van der Waals surface area contributed by atoms with Crippen molar-refractivity contribution in [3.8, 4) is 0 Å². The van der Waals surface area contributed by atoms with Crippen molar-refractivity contribution in [2.75, 3.05) is 12.3 Å². The minimum absolute atomic E-state index is 0.0226. The van der Waals surface area contributed by atoms with Crippen LogP contribution in [0.25, 0.3) is 0 Å². The van der Waals surface area contributed by atoms with Crippen molar-refractivity contribution in [2.45, 2.75) is 64.9 Å². The summed E-state index contributed by atoms with van der Waals surface area (Å²) in [6.07, 6.45) is 0.991. The van der Waals surface area contributed by atoms with E-state index in [2.05, 4.69) is 50.4 Å². The van der Waals surface area contributed by atoms with Crippen molar-refractivity contribution >= 4 is 23.6 Å². The minimum Gasteiger partial charge on any atom is -0.354 e. The van der Waals surface area contributed by atoms with Gasteiger partial charge in [0.05, 0.1) is 0 Å². The van der Waals surface area contributed by atoms with Gasteiger partial charge in [0.2, 0.25) is 11.8 Å². The average molecular weight is 441 g/mol. The Kier molecular flexibility index (Phi) is 10.1. The zero-order chi connectivity index (χ0) is 22.8. The summed E-state index contributed by atoms with van der Waals surface area (Å²) < 4.78 is 0. The second-order valence-electron chi connectivity index (χ2n) is 8.42. The van der Waals surface area contributed by atoms with Crippen LogP contribution in [0.4, 0.5) is 0 Å². The van der Waals surface area contributed by atoms with Crippen LogP contribution >= 0.6 is 11.8 Å². The van der Waals surface area contributed by atoms with Gasteiger partial charge in [-0.1, -0.05) is 62.7 Å². The summed E-state index contributed by atoms with van der Waals surface area (Å²) >= 11 is 1.68. The SMILES string of the molecule is CC[C@@H](C(=O)NCC(C)C)N(Cc1ccccc1C)C(=O)CCSc1ccc(C)cc1. The van der Waals surface area contributed by atoms with Crippen molar-refractivity contribution < 1.29 is 9.59 Å². The van der Waals surface area contributed by atoms with Crippen LogP contribution in [0.3, 0.4) is 0 Å². The van der Waals surface area contributed by atoms with Gasteiger partial charge in [0, 0.05) is 30.2 Å². The fraction of sp³-hybridized carbons (Fsp3) is 0.462. The lowest BCUT2D eigenvalue weighted by Gasteiger charge is -2.31. The van der Waals surface area contributed by atoms with E-state index in [1.54, 1.807) is 16.7 Å². The van der Waals surface area contributed by atoms with Gasteiger partial charge in [-0.25, -0.2) is 0 Å². The number of nitrogens with one attached hydrogen (secondary N) is 1. The van der Waals surface area contributed by atoms with E-state index in [1.165, 1.54) is 5.56 Å². The molecule has 0 saturated carbocycles. The molecule has 0 aliphatic rings. The molecule has 2 amide bonds. The molecule has 5 heteroatoms. The summed E-state index contributed by atoms with van der Waals surface area (Å²) in [5, 5.41) is 3.02. The van der Waals surface area contributed by atoms with E-state index in [4.69, 9.17) is 0 Å². The molecule has 0 aliphatic carbocycles. The predicted molar refractivity (Wildman–Crippen MR) is 130 cm³/mol. The maximum absolute atomic E-state index is 13.3. The summed E-state index contributed by atoms with van der Waals surface area (Å²) in [4.78, 5) is 29.1. The molecule has 0 radical (unpaired) electrons. The average Bonchev–Trinajstić information content (AvgIpc) is 2.74. The third kappa shape index (κ3) is 8.06. The summed E-state index contributed by atoms with van der Waals surface area (Å²) in [5.74, 6) is 1.02. The molecular weight excluding hydrogens is 404 g/mol. The topological polar surface area (TPSA) is 49.4 Å². The first kappa shape index (κ1) is 25.0. The molecule has 0 fully saturated rings. The quantitative estimate of drug-likeness (QED) is 0.478. The molecule has 2 aromatic rings. The first-order valence-corrected chi connectivity index (χ1v) is 12.1. The highest BCUT2D eigenvalue weighted by Gasteiger charge is 2.28. The molecule has 2 aromatic carbocycles. The van der Waals surface area contributed by atoms with E-state index < -0.39 is 6.04 Å². The lowest BCUT2D eigenvalue weighted by Crippen LogP contribution is -2.49. The van der Waals surface area contributed by atoms with Gasteiger partial charge in [0.15, 0.2) is 0 Å². The highest BCUT2D eigenvalue weighted by atomic mass is 32.2. The number of carbonyl (C=O) groups excluding carboxylic acids is 2. The molecular formula is C26H36N2O2S. The van der Waals surface area contributed by atoms with Gasteiger partial charge < -0.3 is 10.2 Å². The van der Waals surface area contributed by atoms with Crippen LogP contribution in [-0.4, -0.2) is 35.1 Å². The molecule has 0 saturated heterocycles. The van der Waals surface area contributed by atoms with E-state index in [1.807, 2.05) is 38.1 Å². The Hall–Kier alpha value is -2.27. The number of thioether (sulfide) groups is 1. The summed E-state index contributed by atoms with van der Waals surface area (Å²) in [7, 11) is 0. The van der Waals surface area contributed by atoms with Gasteiger partial charge in [-0.2, -0.15) is 0 Å². The molecule has 0 aliphatic heterocycles. The predicted octanol–water partition coefficient (Wildman–Crippen LogP) is 5.37. The van der Waals surface area contributed by atoms with Gasteiger partial charge in [-0.05, 0) is 49.4 Å². The third-order valence-corrected chi connectivity index (χ3v) is 6.29. The number of hydrogen-bond acceptors (Lipinski definition) is 3. The highest BCUT2D eigenvalue weighted by molar-refractivity contribution is 7.99. The van der Waals surface area contributed by atoms with Crippen molar-refractivity contribution in [2.24, 2.45) is 5.92 Å². The molecule has 4 nitrogen and oxygen atoms in total. The van der Waals surface area contributed by atoms with Gasteiger partial charge >= 0.3 is 0 Å². The van der Waals surface area contributed by atoms with Crippen molar-refractivity contribution in [3.05, 3.63) is 65.2 Å². The van der Waals surface area contributed by atoms with Gasteiger partial charge in [-0.3, -0.25) is 9.59 Å². The molecule has 0 spiro atoms. The molecule has 1 atom stereocenters. The van der Waals surface area contributed by atoms with E-state index in [0.29, 0.717) is 37.6 Å². The normalized spacial score (nSPS) is 11.9. The first-order valence-electron chi connectivity index (χ1n) is 11.1. The number of hydrogen-bond donors (Lipinski definition) is 1. The van der Waals surface area contributed by atoms with Crippen LogP contribution in [0.15, 0.2) is 53.4 Å². The molecule has 0 aromatic heterocycles. The number of nitrogens with zero attached hydrogens (tertiary/aromatic N) is 1. The van der Waals surface area contributed by atoms with Gasteiger partial charge in [0.1, 0.15) is 6.04 Å². The monoisotopic (exact) mass is 440 g/mol. The fourth-order valence-electron chi connectivity index (χ4n) is 3.35. The maximum atomic E-state index is 13.3. The number of carbonyl (C=O) groups is 2. The van der Waals surface area contributed by atoms with Gasteiger partial charge in [-0.15, -0.1) is 11.8 Å². The fourth-order valence-corrected chi connectivity index (χ4v) is 4.19. The molecule has 0 heterocycles. The van der Waals surface area contributed by atoms with Crippen LogP contribution in [0.2, 0.25) is 0 Å². The molecule has 2 rings (SSSR count). The molecule has 0 bridgehead atoms. The van der Waals surface area contributed by atoms with Crippen LogP contribution < -0.4 is 5.32 Å². The van der Waals surface area contributed by atoms with Crippen LogP contribution in [0, 0.1) is 19.8 Å². The second kappa shape index (κ2) is 12.6. The Labute approximate surface area is 191 Å². The van der Waals surface area contributed by atoms with Crippen LogP contribution in [-0.2, 0) is 16.1 Å². The summed E-state index contributed by atoms with van der Waals surface area (Å²) in [6, 6.07) is 15.9. The minimum atomic E-state index is -0.463.